The number of carbonyl (C=O) groups excluding carboxylic acids is 1. The van der Waals surface area contributed by atoms with Gasteiger partial charge in [0.1, 0.15) is 18.7 Å². The zero-order valence-electron chi connectivity index (χ0n) is 15.9. The Balaban J connectivity index is 1.56. The third-order valence-corrected chi connectivity index (χ3v) is 6.16. The second-order valence-electron chi connectivity index (χ2n) is 6.82. The number of thiazole rings is 1. The van der Waals surface area contributed by atoms with Gasteiger partial charge in [0.15, 0.2) is 16.6 Å². The summed E-state index contributed by atoms with van der Waals surface area (Å²) < 4.78 is 12.2. The number of para-hydroxylation sites is 1. The minimum atomic E-state index is -0.161. The van der Waals surface area contributed by atoms with Gasteiger partial charge in [-0.1, -0.05) is 59.3 Å². The molecule has 0 aliphatic carbocycles. The average molecular weight is 437 g/mol. The summed E-state index contributed by atoms with van der Waals surface area (Å²) in [7, 11) is 0. The van der Waals surface area contributed by atoms with Crippen LogP contribution >= 0.6 is 22.9 Å². The molecule has 1 amide bonds. The first kappa shape index (κ1) is 18.9. The van der Waals surface area contributed by atoms with Crippen LogP contribution in [-0.2, 0) is 6.54 Å². The molecule has 0 N–H and O–H groups in total. The highest BCUT2D eigenvalue weighted by Crippen LogP contribution is 2.35. The maximum Gasteiger partial charge on any atom is 0.260 e. The van der Waals surface area contributed by atoms with E-state index in [9.17, 15) is 4.79 Å². The quantitative estimate of drug-likeness (QED) is 0.419. The lowest BCUT2D eigenvalue weighted by molar-refractivity contribution is 0.0984. The van der Waals surface area contributed by atoms with Crippen LogP contribution in [0.1, 0.15) is 15.9 Å². The first-order valence-corrected chi connectivity index (χ1v) is 10.7. The number of carbonyl (C=O) groups is 1. The molecule has 5 rings (SSSR count). The predicted molar refractivity (Wildman–Crippen MR) is 119 cm³/mol. The van der Waals surface area contributed by atoms with Crippen molar-refractivity contribution in [3.8, 4) is 11.5 Å². The molecule has 0 spiro atoms. The normalized spacial score (nSPS) is 12.7. The first-order chi connectivity index (χ1) is 14.7. The van der Waals surface area contributed by atoms with Gasteiger partial charge in [-0.2, -0.15) is 0 Å². The fourth-order valence-electron chi connectivity index (χ4n) is 3.34. The number of anilines is 1. The Morgan fingerprint density at radius 3 is 2.60 bits per heavy atom. The van der Waals surface area contributed by atoms with Crippen LogP contribution in [0.5, 0.6) is 11.5 Å². The average Bonchev–Trinajstić information content (AvgIpc) is 3.23. The minimum Gasteiger partial charge on any atom is -0.486 e. The Morgan fingerprint density at radius 2 is 1.80 bits per heavy atom. The zero-order chi connectivity index (χ0) is 20.5. The van der Waals surface area contributed by atoms with E-state index in [0.29, 0.717) is 52.5 Å². The summed E-state index contributed by atoms with van der Waals surface area (Å²) in [6, 6.07) is 20.8. The lowest BCUT2D eigenvalue weighted by Crippen LogP contribution is -2.30. The van der Waals surface area contributed by atoms with Gasteiger partial charge in [0.2, 0.25) is 0 Å². The van der Waals surface area contributed by atoms with Crippen molar-refractivity contribution in [2.75, 3.05) is 18.1 Å². The molecule has 0 atom stereocenters. The van der Waals surface area contributed by atoms with Crippen LogP contribution in [0.2, 0.25) is 5.02 Å². The molecule has 0 saturated heterocycles. The van der Waals surface area contributed by atoms with E-state index in [1.807, 2.05) is 42.5 Å². The number of halogens is 1. The molecule has 30 heavy (non-hydrogen) atoms. The van der Waals surface area contributed by atoms with Crippen LogP contribution in [0.25, 0.3) is 10.2 Å². The van der Waals surface area contributed by atoms with Gasteiger partial charge in [-0.15, -0.1) is 0 Å². The maximum absolute atomic E-state index is 13.6. The molecule has 0 radical (unpaired) electrons. The Labute approximate surface area is 182 Å². The van der Waals surface area contributed by atoms with E-state index in [4.69, 9.17) is 21.1 Å². The standard InChI is InChI=1S/C23H17ClN2O3S/c24-17-7-4-8-20-21(17)25-23(30-20)26(14-15-5-2-1-3-6-15)22(27)16-9-10-18-19(13-16)29-12-11-28-18/h1-10,13H,11-12,14H2. The molecule has 2 heterocycles. The van der Waals surface area contributed by atoms with Crippen molar-refractivity contribution in [3.63, 3.8) is 0 Å². The molecular weight excluding hydrogens is 420 g/mol. The third kappa shape index (κ3) is 3.60. The SMILES string of the molecule is O=C(c1ccc2c(c1)OCCO2)N(Cc1ccccc1)c1nc2c(Cl)cccc2s1. The number of hydrogen-bond acceptors (Lipinski definition) is 5. The molecule has 150 valence electrons. The van der Waals surface area contributed by atoms with E-state index in [1.165, 1.54) is 11.3 Å². The number of aromatic nitrogens is 1. The van der Waals surface area contributed by atoms with Gasteiger partial charge < -0.3 is 9.47 Å². The molecular formula is C23H17ClN2O3S. The van der Waals surface area contributed by atoms with Crippen LogP contribution in [0.15, 0.2) is 66.7 Å². The number of ether oxygens (including phenoxy) is 2. The summed E-state index contributed by atoms with van der Waals surface area (Å²) in [6.07, 6.45) is 0. The summed E-state index contributed by atoms with van der Waals surface area (Å²) in [6.45, 7) is 1.37. The number of hydrogen-bond donors (Lipinski definition) is 0. The highest BCUT2D eigenvalue weighted by Gasteiger charge is 2.24. The van der Waals surface area contributed by atoms with Crippen molar-refractivity contribution < 1.29 is 14.3 Å². The molecule has 5 nitrogen and oxygen atoms in total. The Hall–Kier alpha value is -3.09. The van der Waals surface area contributed by atoms with Gasteiger partial charge in [0.25, 0.3) is 5.91 Å². The van der Waals surface area contributed by atoms with E-state index in [0.717, 1.165) is 10.3 Å². The lowest BCUT2D eigenvalue weighted by atomic mass is 10.1. The summed E-state index contributed by atoms with van der Waals surface area (Å²) in [5.74, 6) is 1.07. The van der Waals surface area contributed by atoms with Crippen LogP contribution in [0.4, 0.5) is 5.13 Å². The summed E-state index contributed by atoms with van der Waals surface area (Å²) in [5.41, 5.74) is 2.22. The van der Waals surface area contributed by atoms with Crippen molar-refractivity contribution in [3.05, 3.63) is 82.9 Å². The van der Waals surface area contributed by atoms with Gasteiger partial charge >= 0.3 is 0 Å². The van der Waals surface area contributed by atoms with Gasteiger partial charge in [0, 0.05) is 5.56 Å². The number of benzene rings is 3. The summed E-state index contributed by atoms with van der Waals surface area (Å²) in [5, 5.41) is 1.17. The van der Waals surface area contributed by atoms with Gasteiger partial charge in [-0.3, -0.25) is 9.69 Å². The van der Waals surface area contributed by atoms with Gasteiger partial charge in [0.05, 0.1) is 16.3 Å². The van der Waals surface area contributed by atoms with E-state index in [1.54, 1.807) is 29.2 Å². The summed E-state index contributed by atoms with van der Waals surface area (Å²) >= 11 is 7.77. The largest absolute Gasteiger partial charge is 0.486 e. The fraction of sp³-hybridized carbons (Fsp3) is 0.130. The maximum atomic E-state index is 13.6. The van der Waals surface area contributed by atoms with E-state index in [2.05, 4.69) is 4.98 Å². The minimum absolute atomic E-state index is 0.161. The van der Waals surface area contributed by atoms with Crippen LogP contribution < -0.4 is 14.4 Å². The molecule has 0 unspecified atom stereocenters. The molecule has 1 aromatic heterocycles. The topological polar surface area (TPSA) is 51.7 Å². The van der Waals surface area contributed by atoms with E-state index >= 15 is 0 Å². The molecule has 0 bridgehead atoms. The van der Waals surface area contributed by atoms with Crippen molar-refractivity contribution in [2.45, 2.75) is 6.54 Å². The lowest BCUT2D eigenvalue weighted by Gasteiger charge is -2.22. The van der Waals surface area contributed by atoms with Crippen molar-refractivity contribution in [2.24, 2.45) is 0 Å². The predicted octanol–water partition coefficient (Wildman–Crippen LogP) is 5.57. The molecule has 0 fully saturated rings. The number of amides is 1. The molecule has 3 aromatic carbocycles. The Kier molecular flexibility index (Phi) is 5.02. The van der Waals surface area contributed by atoms with Crippen LogP contribution in [0, 0.1) is 0 Å². The molecule has 0 saturated carbocycles. The van der Waals surface area contributed by atoms with E-state index in [-0.39, 0.29) is 5.91 Å². The Morgan fingerprint density at radius 1 is 1.00 bits per heavy atom. The van der Waals surface area contributed by atoms with Crippen molar-refractivity contribution in [1.29, 1.82) is 0 Å². The van der Waals surface area contributed by atoms with Crippen molar-refractivity contribution in [1.82, 2.24) is 4.98 Å². The molecule has 1 aliphatic heterocycles. The Bertz CT molecular complexity index is 1230. The van der Waals surface area contributed by atoms with Crippen LogP contribution in [-0.4, -0.2) is 24.1 Å². The molecule has 1 aliphatic rings. The third-order valence-electron chi connectivity index (χ3n) is 4.81. The number of fused-ring (bicyclic) bond motifs is 2. The number of nitrogens with zero attached hydrogens (tertiary/aromatic N) is 2. The first-order valence-electron chi connectivity index (χ1n) is 9.49. The van der Waals surface area contributed by atoms with E-state index < -0.39 is 0 Å². The fourth-order valence-corrected chi connectivity index (χ4v) is 4.61. The summed E-state index contributed by atoms with van der Waals surface area (Å²) in [4.78, 5) is 19.9. The monoisotopic (exact) mass is 436 g/mol. The second-order valence-corrected chi connectivity index (χ2v) is 8.23. The van der Waals surface area contributed by atoms with Crippen molar-refractivity contribution >= 4 is 44.2 Å². The highest BCUT2D eigenvalue weighted by atomic mass is 35.5. The van der Waals surface area contributed by atoms with Crippen LogP contribution in [0.3, 0.4) is 0 Å². The second kappa shape index (κ2) is 7.97. The molecule has 7 heteroatoms. The number of rotatable bonds is 4. The highest BCUT2D eigenvalue weighted by molar-refractivity contribution is 7.22. The van der Waals surface area contributed by atoms with Gasteiger partial charge in [-0.25, -0.2) is 4.98 Å². The smallest absolute Gasteiger partial charge is 0.260 e. The molecule has 4 aromatic rings. The zero-order valence-corrected chi connectivity index (χ0v) is 17.4. The van der Waals surface area contributed by atoms with Gasteiger partial charge in [-0.05, 0) is 35.9 Å².